The van der Waals surface area contributed by atoms with Crippen LogP contribution in [-0.2, 0) is 0 Å². The van der Waals surface area contributed by atoms with E-state index in [0.717, 1.165) is 12.8 Å². The molecule has 5 unspecified atom stereocenters. The van der Waals surface area contributed by atoms with Crippen molar-refractivity contribution in [2.75, 3.05) is 6.61 Å². The zero-order valence-electron chi connectivity index (χ0n) is 20.0. The summed E-state index contributed by atoms with van der Waals surface area (Å²) < 4.78 is 81.2. The molecule has 0 aliphatic heterocycles. The molecule has 0 aromatic heterocycles. The SMILES string of the molecule is CCCCCCCC[C@H]1CC[C@H](C2(F)C(F)[CH]C(F)(COc3ccc(S)cc3)C(F)C2F)CC1. The number of hydrogen-bond acceptors (Lipinski definition) is 2. The normalized spacial score (nSPS) is 36.4. The average Bonchev–Trinajstić information content (AvgIpc) is 2.84. The number of halogens is 5. The summed E-state index contributed by atoms with van der Waals surface area (Å²) in [6, 6.07) is 6.16. The Labute approximate surface area is 206 Å². The molecule has 1 aromatic carbocycles. The molecule has 5 atom stereocenters. The van der Waals surface area contributed by atoms with E-state index in [1.165, 1.54) is 44.2 Å². The maximum absolute atomic E-state index is 15.8. The van der Waals surface area contributed by atoms with Crippen LogP contribution in [0.5, 0.6) is 5.75 Å². The van der Waals surface area contributed by atoms with E-state index in [2.05, 4.69) is 19.6 Å². The zero-order chi connectivity index (χ0) is 24.8. The van der Waals surface area contributed by atoms with Crippen LogP contribution >= 0.6 is 12.6 Å². The Balaban J connectivity index is 1.52. The maximum atomic E-state index is 15.8. The zero-order valence-corrected chi connectivity index (χ0v) is 20.9. The minimum absolute atomic E-state index is 0.210. The van der Waals surface area contributed by atoms with Gasteiger partial charge < -0.3 is 4.74 Å². The van der Waals surface area contributed by atoms with Gasteiger partial charge in [0, 0.05) is 11.3 Å². The van der Waals surface area contributed by atoms with Crippen molar-refractivity contribution >= 4 is 12.6 Å². The summed E-state index contributed by atoms with van der Waals surface area (Å²) in [5.41, 5.74) is -6.10. The number of ether oxygens (including phenoxy) is 1. The number of hydrogen-bond donors (Lipinski definition) is 1. The molecule has 3 rings (SSSR count). The van der Waals surface area contributed by atoms with Gasteiger partial charge in [-0.2, -0.15) is 0 Å². The summed E-state index contributed by atoms with van der Waals surface area (Å²) in [4.78, 5) is 0.645. The number of alkyl halides is 5. The molecule has 1 nitrogen and oxygen atoms in total. The van der Waals surface area contributed by atoms with E-state index < -0.39 is 42.4 Å². The fourth-order valence-corrected chi connectivity index (χ4v) is 5.65. The first-order valence-electron chi connectivity index (χ1n) is 12.8. The number of rotatable bonds is 11. The highest BCUT2D eigenvalue weighted by Crippen LogP contribution is 2.52. The summed E-state index contributed by atoms with van der Waals surface area (Å²) in [7, 11) is 0. The number of thiol groups is 1. The molecule has 0 amide bonds. The van der Waals surface area contributed by atoms with Crippen LogP contribution in [0.15, 0.2) is 29.2 Å². The Kier molecular flexibility index (Phi) is 10.00. The van der Waals surface area contributed by atoms with Gasteiger partial charge in [0.2, 0.25) is 0 Å². The lowest BCUT2D eigenvalue weighted by Gasteiger charge is -2.49. The molecule has 1 radical (unpaired) electrons. The van der Waals surface area contributed by atoms with Crippen molar-refractivity contribution in [2.24, 2.45) is 11.8 Å². The summed E-state index contributed by atoms with van der Waals surface area (Å²) >= 11 is 4.13. The molecule has 2 aliphatic rings. The quantitative estimate of drug-likeness (QED) is 0.180. The lowest BCUT2D eigenvalue weighted by Crippen LogP contribution is -2.66. The van der Waals surface area contributed by atoms with Crippen molar-refractivity contribution in [3.63, 3.8) is 0 Å². The molecule has 34 heavy (non-hydrogen) atoms. The van der Waals surface area contributed by atoms with Crippen LogP contribution in [-0.4, -0.2) is 36.5 Å². The molecule has 7 heteroatoms. The van der Waals surface area contributed by atoms with Crippen LogP contribution in [0.2, 0.25) is 0 Å². The standard InChI is InChI=1S/C27H38F5OS/c1-2-3-4-5-6-7-8-19-9-11-20(12-10-19)27(32)23(28)17-26(31,24(29)25(27)30)18-33-21-13-15-22(34)16-14-21/h13-17,19-20,23-25,34H,2-12,18H2,1H3/t19-,20-,23?,24?,25?,26?,27?. The van der Waals surface area contributed by atoms with Crippen LogP contribution in [0.25, 0.3) is 0 Å². The van der Waals surface area contributed by atoms with Crippen LogP contribution in [0.3, 0.4) is 0 Å². The van der Waals surface area contributed by atoms with Gasteiger partial charge in [0.25, 0.3) is 0 Å². The second kappa shape index (κ2) is 12.3. The lowest BCUT2D eigenvalue weighted by atomic mass is 9.64. The fourth-order valence-electron chi connectivity index (χ4n) is 5.50. The predicted octanol–water partition coefficient (Wildman–Crippen LogP) is 8.56. The van der Waals surface area contributed by atoms with E-state index in [4.69, 9.17) is 4.74 Å². The Morgan fingerprint density at radius 1 is 0.882 bits per heavy atom. The molecule has 0 N–H and O–H groups in total. The van der Waals surface area contributed by atoms with Crippen LogP contribution in [0.4, 0.5) is 22.0 Å². The minimum atomic E-state index is -3.05. The second-order valence-electron chi connectivity index (χ2n) is 10.2. The molecule has 193 valence electrons. The van der Waals surface area contributed by atoms with Gasteiger partial charge in [0.1, 0.15) is 18.5 Å². The van der Waals surface area contributed by atoms with E-state index >= 15 is 17.6 Å². The van der Waals surface area contributed by atoms with Crippen LogP contribution in [0, 0.1) is 18.3 Å². The van der Waals surface area contributed by atoms with Gasteiger partial charge >= 0.3 is 0 Å². The van der Waals surface area contributed by atoms with Crippen LogP contribution < -0.4 is 4.74 Å². The molecule has 0 heterocycles. The van der Waals surface area contributed by atoms with Gasteiger partial charge in [0.15, 0.2) is 23.7 Å². The highest BCUT2D eigenvalue weighted by Gasteiger charge is 2.67. The third-order valence-electron chi connectivity index (χ3n) is 7.72. The average molecular weight is 506 g/mol. The number of unbranched alkanes of at least 4 members (excludes halogenated alkanes) is 5. The number of benzene rings is 1. The third-order valence-corrected chi connectivity index (χ3v) is 8.02. The van der Waals surface area contributed by atoms with Gasteiger partial charge in [-0.05, 0) is 48.9 Å². The monoisotopic (exact) mass is 505 g/mol. The molecule has 2 fully saturated rings. The van der Waals surface area contributed by atoms with E-state index in [9.17, 15) is 4.39 Å². The van der Waals surface area contributed by atoms with E-state index in [1.54, 1.807) is 12.1 Å². The molecule has 1 aromatic rings. The van der Waals surface area contributed by atoms with Gasteiger partial charge in [-0.3, -0.25) is 0 Å². The van der Waals surface area contributed by atoms with Gasteiger partial charge in [0.05, 0.1) is 0 Å². The van der Waals surface area contributed by atoms with Crippen molar-refractivity contribution in [1.29, 1.82) is 0 Å². The Hall–Kier alpha value is -0.980. The Morgan fingerprint density at radius 3 is 2.15 bits per heavy atom. The highest BCUT2D eigenvalue weighted by molar-refractivity contribution is 7.80. The van der Waals surface area contributed by atoms with E-state index in [0.29, 0.717) is 42.9 Å². The first-order chi connectivity index (χ1) is 16.2. The van der Waals surface area contributed by atoms with Gasteiger partial charge in [-0.15, -0.1) is 12.6 Å². The highest BCUT2D eigenvalue weighted by atomic mass is 32.1. The summed E-state index contributed by atoms with van der Waals surface area (Å²) in [5, 5.41) is 0. The predicted molar refractivity (Wildman–Crippen MR) is 129 cm³/mol. The molecular formula is C27H38F5OS. The third kappa shape index (κ3) is 6.41. The van der Waals surface area contributed by atoms with Crippen molar-refractivity contribution in [1.82, 2.24) is 0 Å². The van der Waals surface area contributed by atoms with Crippen molar-refractivity contribution in [3.8, 4) is 5.75 Å². The van der Waals surface area contributed by atoms with Gasteiger partial charge in [-0.1, -0.05) is 64.7 Å². The smallest absolute Gasteiger partial charge is 0.184 e. The Bertz CT molecular complexity index is 741. The molecule has 0 spiro atoms. The summed E-state index contributed by atoms with van der Waals surface area (Å²) in [5.74, 6) is -0.337. The topological polar surface area (TPSA) is 9.23 Å². The largest absolute Gasteiger partial charge is 0.490 e. The molecule has 0 bridgehead atoms. The lowest BCUT2D eigenvalue weighted by molar-refractivity contribution is -0.159. The van der Waals surface area contributed by atoms with Gasteiger partial charge in [-0.25, -0.2) is 22.0 Å². The fraction of sp³-hybridized carbons (Fsp3) is 0.741. The summed E-state index contributed by atoms with van der Waals surface area (Å²) in [6.45, 7) is 1.25. The van der Waals surface area contributed by atoms with Crippen molar-refractivity contribution in [2.45, 2.75) is 112 Å². The molecule has 2 aliphatic carbocycles. The second-order valence-corrected chi connectivity index (χ2v) is 10.7. The van der Waals surface area contributed by atoms with E-state index in [1.807, 2.05) is 0 Å². The molecule has 2 saturated carbocycles. The van der Waals surface area contributed by atoms with Crippen molar-refractivity contribution < 1.29 is 26.7 Å². The molecule has 0 saturated heterocycles. The van der Waals surface area contributed by atoms with Crippen molar-refractivity contribution in [3.05, 3.63) is 30.7 Å². The molecular weight excluding hydrogens is 467 g/mol. The van der Waals surface area contributed by atoms with E-state index in [-0.39, 0.29) is 5.75 Å². The Morgan fingerprint density at radius 2 is 1.50 bits per heavy atom. The van der Waals surface area contributed by atoms with Crippen LogP contribution in [0.1, 0.15) is 77.6 Å². The summed E-state index contributed by atoms with van der Waals surface area (Å²) in [6.07, 6.45) is 2.25. The maximum Gasteiger partial charge on any atom is 0.184 e. The minimum Gasteiger partial charge on any atom is -0.490 e. The first kappa shape index (κ1) is 27.6. The first-order valence-corrected chi connectivity index (χ1v) is 13.2.